The molecule has 0 aromatic heterocycles. The number of anilines is 1. The molecule has 0 heterocycles. The van der Waals surface area contributed by atoms with Crippen LogP contribution in [0.4, 0.5) is 5.69 Å². The van der Waals surface area contributed by atoms with Crippen LogP contribution < -0.4 is 5.32 Å². The van der Waals surface area contributed by atoms with E-state index >= 15 is 0 Å². The first kappa shape index (κ1) is 14.6. The SMILES string of the molecule is CSc1ccc(NCCc2ccc(Cl)c(Cl)c2)cc1. The molecule has 0 saturated heterocycles. The molecule has 19 heavy (non-hydrogen) atoms. The van der Waals surface area contributed by atoms with E-state index in [4.69, 9.17) is 23.2 Å². The summed E-state index contributed by atoms with van der Waals surface area (Å²) in [5.41, 5.74) is 2.32. The minimum atomic E-state index is 0.603. The van der Waals surface area contributed by atoms with E-state index < -0.39 is 0 Å². The van der Waals surface area contributed by atoms with Crippen molar-refractivity contribution in [1.29, 1.82) is 0 Å². The highest BCUT2D eigenvalue weighted by atomic mass is 35.5. The first-order chi connectivity index (χ1) is 9.19. The Hall–Kier alpha value is -0.830. The third-order valence-corrected chi connectivity index (χ3v) is 4.30. The Morgan fingerprint density at radius 1 is 1.00 bits per heavy atom. The summed E-state index contributed by atoms with van der Waals surface area (Å²) >= 11 is 13.6. The summed E-state index contributed by atoms with van der Waals surface area (Å²) in [6, 6.07) is 14.2. The quantitative estimate of drug-likeness (QED) is 0.745. The number of hydrogen-bond acceptors (Lipinski definition) is 2. The molecule has 0 saturated carbocycles. The minimum absolute atomic E-state index is 0.603. The highest BCUT2D eigenvalue weighted by molar-refractivity contribution is 7.98. The summed E-state index contributed by atoms with van der Waals surface area (Å²) in [5.74, 6) is 0. The topological polar surface area (TPSA) is 12.0 Å². The average molecular weight is 312 g/mol. The van der Waals surface area contributed by atoms with Crippen LogP contribution in [0.1, 0.15) is 5.56 Å². The van der Waals surface area contributed by atoms with Gasteiger partial charge in [-0.2, -0.15) is 0 Å². The van der Waals surface area contributed by atoms with Gasteiger partial charge in [-0.3, -0.25) is 0 Å². The van der Waals surface area contributed by atoms with Gasteiger partial charge in [-0.05, 0) is 54.6 Å². The van der Waals surface area contributed by atoms with Crippen LogP contribution in [-0.2, 0) is 6.42 Å². The first-order valence-corrected chi connectivity index (χ1v) is 7.99. The van der Waals surface area contributed by atoms with E-state index in [-0.39, 0.29) is 0 Å². The summed E-state index contributed by atoms with van der Waals surface area (Å²) in [4.78, 5) is 1.27. The molecule has 0 fully saturated rings. The molecule has 0 spiro atoms. The van der Waals surface area contributed by atoms with Gasteiger partial charge in [0, 0.05) is 17.1 Å². The maximum absolute atomic E-state index is 5.99. The lowest BCUT2D eigenvalue weighted by atomic mass is 10.1. The molecule has 0 aliphatic heterocycles. The van der Waals surface area contributed by atoms with Gasteiger partial charge >= 0.3 is 0 Å². The lowest BCUT2D eigenvalue weighted by molar-refractivity contribution is 1.02. The van der Waals surface area contributed by atoms with Gasteiger partial charge in [0.1, 0.15) is 0 Å². The van der Waals surface area contributed by atoms with Crippen LogP contribution in [0.5, 0.6) is 0 Å². The van der Waals surface area contributed by atoms with Crippen molar-refractivity contribution in [3.63, 3.8) is 0 Å². The van der Waals surface area contributed by atoms with Crippen LogP contribution in [0.25, 0.3) is 0 Å². The van der Waals surface area contributed by atoms with Gasteiger partial charge in [0.2, 0.25) is 0 Å². The third-order valence-electron chi connectivity index (χ3n) is 2.82. The van der Waals surface area contributed by atoms with Crippen molar-refractivity contribution < 1.29 is 0 Å². The van der Waals surface area contributed by atoms with Crippen molar-refractivity contribution in [2.24, 2.45) is 0 Å². The molecule has 0 bridgehead atoms. The van der Waals surface area contributed by atoms with E-state index in [0.717, 1.165) is 18.7 Å². The predicted octanol–water partition coefficient (Wildman–Crippen LogP) is 5.37. The molecule has 4 heteroatoms. The van der Waals surface area contributed by atoms with E-state index in [2.05, 4.69) is 35.8 Å². The second-order valence-electron chi connectivity index (χ2n) is 4.15. The van der Waals surface area contributed by atoms with Crippen molar-refractivity contribution in [3.8, 4) is 0 Å². The Bertz CT molecular complexity index is 540. The fraction of sp³-hybridized carbons (Fsp3) is 0.200. The number of halogens is 2. The lowest BCUT2D eigenvalue weighted by Crippen LogP contribution is -2.04. The van der Waals surface area contributed by atoms with Crippen LogP contribution in [0.3, 0.4) is 0 Å². The van der Waals surface area contributed by atoms with Crippen molar-refractivity contribution in [2.75, 3.05) is 18.1 Å². The van der Waals surface area contributed by atoms with Crippen molar-refractivity contribution in [2.45, 2.75) is 11.3 Å². The molecule has 0 unspecified atom stereocenters. The number of hydrogen-bond donors (Lipinski definition) is 1. The minimum Gasteiger partial charge on any atom is -0.385 e. The molecule has 1 N–H and O–H groups in total. The number of thioether (sulfide) groups is 1. The molecule has 0 aliphatic rings. The van der Waals surface area contributed by atoms with Gasteiger partial charge in [-0.15, -0.1) is 11.8 Å². The zero-order chi connectivity index (χ0) is 13.7. The summed E-state index contributed by atoms with van der Waals surface area (Å²) in [5, 5.41) is 4.61. The summed E-state index contributed by atoms with van der Waals surface area (Å²) < 4.78 is 0. The number of rotatable bonds is 5. The second kappa shape index (κ2) is 7.09. The van der Waals surface area contributed by atoms with Crippen LogP contribution in [0.15, 0.2) is 47.4 Å². The van der Waals surface area contributed by atoms with Gasteiger partial charge in [0.05, 0.1) is 10.0 Å². The standard InChI is InChI=1S/C15H15Cl2NS/c1-19-13-5-3-12(4-6-13)18-9-8-11-2-7-14(16)15(17)10-11/h2-7,10,18H,8-9H2,1H3. The lowest BCUT2D eigenvalue weighted by Gasteiger charge is -2.07. The highest BCUT2D eigenvalue weighted by Crippen LogP contribution is 2.23. The number of nitrogens with one attached hydrogen (secondary N) is 1. The summed E-state index contributed by atoms with van der Waals surface area (Å²) in [7, 11) is 0. The normalized spacial score (nSPS) is 10.5. The Labute approximate surface area is 128 Å². The Morgan fingerprint density at radius 2 is 1.74 bits per heavy atom. The van der Waals surface area contributed by atoms with Crippen molar-refractivity contribution >= 4 is 40.7 Å². The van der Waals surface area contributed by atoms with Gasteiger partial charge in [0.25, 0.3) is 0 Å². The van der Waals surface area contributed by atoms with Gasteiger partial charge in [-0.25, -0.2) is 0 Å². The largest absolute Gasteiger partial charge is 0.385 e. The van der Waals surface area contributed by atoms with E-state index in [0.29, 0.717) is 10.0 Å². The summed E-state index contributed by atoms with van der Waals surface area (Å²) in [6.07, 6.45) is 2.99. The fourth-order valence-electron chi connectivity index (χ4n) is 1.76. The molecular formula is C15H15Cl2NS. The molecule has 0 atom stereocenters. The molecule has 1 nitrogen and oxygen atoms in total. The van der Waals surface area contributed by atoms with Crippen LogP contribution in [0, 0.1) is 0 Å². The van der Waals surface area contributed by atoms with Gasteiger partial charge < -0.3 is 5.32 Å². The van der Waals surface area contributed by atoms with Gasteiger partial charge in [0.15, 0.2) is 0 Å². The third kappa shape index (κ3) is 4.34. The van der Waals surface area contributed by atoms with Crippen molar-refractivity contribution in [3.05, 3.63) is 58.1 Å². The predicted molar refractivity (Wildman–Crippen MR) is 86.9 cm³/mol. The average Bonchev–Trinajstić information content (AvgIpc) is 2.43. The zero-order valence-corrected chi connectivity index (χ0v) is 12.9. The Morgan fingerprint density at radius 3 is 2.37 bits per heavy atom. The fourth-order valence-corrected chi connectivity index (χ4v) is 2.48. The van der Waals surface area contributed by atoms with Crippen molar-refractivity contribution in [1.82, 2.24) is 0 Å². The Balaban J connectivity index is 1.86. The number of benzene rings is 2. The van der Waals surface area contributed by atoms with E-state index in [1.807, 2.05) is 18.2 Å². The summed E-state index contributed by atoms with van der Waals surface area (Å²) in [6.45, 7) is 0.872. The smallest absolute Gasteiger partial charge is 0.0595 e. The maximum Gasteiger partial charge on any atom is 0.0595 e. The molecule has 2 aromatic carbocycles. The van der Waals surface area contributed by atoms with Gasteiger partial charge in [-0.1, -0.05) is 29.3 Å². The van der Waals surface area contributed by atoms with Crippen LogP contribution >= 0.6 is 35.0 Å². The molecule has 0 radical (unpaired) electrons. The van der Waals surface area contributed by atoms with E-state index in [9.17, 15) is 0 Å². The molecule has 0 amide bonds. The van der Waals surface area contributed by atoms with Crippen LogP contribution in [-0.4, -0.2) is 12.8 Å². The Kier molecular flexibility index (Phi) is 5.44. The molecule has 0 aliphatic carbocycles. The first-order valence-electron chi connectivity index (χ1n) is 6.01. The molecule has 100 valence electrons. The maximum atomic E-state index is 5.99. The zero-order valence-electron chi connectivity index (χ0n) is 10.6. The van der Waals surface area contributed by atoms with E-state index in [1.165, 1.54) is 10.5 Å². The monoisotopic (exact) mass is 311 g/mol. The van der Waals surface area contributed by atoms with Crippen LogP contribution in [0.2, 0.25) is 10.0 Å². The highest BCUT2D eigenvalue weighted by Gasteiger charge is 1.99. The molecule has 2 aromatic rings. The molecular weight excluding hydrogens is 297 g/mol. The van der Waals surface area contributed by atoms with E-state index in [1.54, 1.807) is 11.8 Å². The molecule has 2 rings (SSSR count). The second-order valence-corrected chi connectivity index (χ2v) is 5.85.